The van der Waals surface area contributed by atoms with Gasteiger partial charge >= 0.3 is 6.03 Å². The van der Waals surface area contributed by atoms with E-state index < -0.39 is 0 Å². The number of benzene rings is 1. The van der Waals surface area contributed by atoms with Crippen LogP contribution in [0.25, 0.3) is 0 Å². The van der Waals surface area contributed by atoms with Gasteiger partial charge in [-0.25, -0.2) is 4.79 Å². The molecular formula is C14H20N4O3. The molecule has 7 heteroatoms. The van der Waals surface area contributed by atoms with Crippen LogP contribution in [0.4, 0.5) is 10.5 Å². The largest absolute Gasteiger partial charge is 0.395 e. The van der Waals surface area contributed by atoms with Crippen LogP contribution in [-0.2, 0) is 11.3 Å². The number of carbonyl (C=O) groups is 2. The van der Waals surface area contributed by atoms with Gasteiger partial charge in [0.2, 0.25) is 5.91 Å². The summed E-state index contributed by atoms with van der Waals surface area (Å²) in [6.07, 6.45) is 0. The number of aliphatic hydroxyl groups excluding tert-OH is 1. The van der Waals surface area contributed by atoms with Crippen molar-refractivity contribution in [2.75, 3.05) is 37.7 Å². The molecule has 1 aliphatic heterocycles. The Hall–Kier alpha value is -2.28. The number of carbonyl (C=O) groups excluding carboxylic acids is 2. The van der Waals surface area contributed by atoms with E-state index in [1.165, 1.54) is 0 Å². The monoisotopic (exact) mass is 292 g/mol. The zero-order valence-corrected chi connectivity index (χ0v) is 11.8. The summed E-state index contributed by atoms with van der Waals surface area (Å²) in [5, 5.41) is 16.6. The molecule has 0 aromatic heterocycles. The molecule has 0 saturated carbocycles. The predicted molar refractivity (Wildman–Crippen MR) is 79.0 cm³/mol. The van der Waals surface area contributed by atoms with E-state index in [4.69, 9.17) is 5.11 Å². The normalized spacial score (nSPS) is 14.5. The van der Waals surface area contributed by atoms with E-state index in [1.54, 1.807) is 0 Å². The second-order valence-corrected chi connectivity index (χ2v) is 4.77. The molecule has 1 aromatic rings. The van der Waals surface area contributed by atoms with Gasteiger partial charge in [0.25, 0.3) is 0 Å². The minimum absolute atomic E-state index is 0.0348. The fraction of sp³-hybridized carbons (Fsp3) is 0.429. The molecule has 0 spiro atoms. The average molecular weight is 292 g/mol. The van der Waals surface area contributed by atoms with E-state index in [0.29, 0.717) is 19.6 Å². The van der Waals surface area contributed by atoms with Crippen molar-refractivity contribution in [3.05, 3.63) is 29.8 Å². The zero-order chi connectivity index (χ0) is 15.1. The number of rotatable bonds is 5. The lowest BCUT2D eigenvalue weighted by Gasteiger charge is -2.28. The number of aliphatic hydroxyl groups is 1. The van der Waals surface area contributed by atoms with Gasteiger partial charge < -0.3 is 26.0 Å². The average Bonchev–Trinajstić information content (AvgIpc) is 2.51. The van der Waals surface area contributed by atoms with E-state index in [9.17, 15) is 9.59 Å². The van der Waals surface area contributed by atoms with Gasteiger partial charge in [-0.3, -0.25) is 4.79 Å². The van der Waals surface area contributed by atoms with Crippen LogP contribution in [0, 0.1) is 0 Å². The smallest absolute Gasteiger partial charge is 0.315 e. The number of anilines is 1. The summed E-state index contributed by atoms with van der Waals surface area (Å²) in [5.74, 6) is 0.0348. The first-order valence-electron chi connectivity index (χ1n) is 6.92. The predicted octanol–water partition coefficient (Wildman–Crippen LogP) is -0.586. The number of nitrogens with one attached hydrogen (secondary N) is 3. The van der Waals surface area contributed by atoms with Crippen LogP contribution in [0.5, 0.6) is 0 Å². The van der Waals surface area contributed by atoms with Crippen molar-refractivity contribution >= 4 is 17.6 Å². The molecule has 1 heterocycles. The molecule has 1 aromatic carbocycles. The summed E-state index contributed by atoms with van der Waals surface area (Å²) >= 11 is 0. The van der Waals surface area contributed by atoms with Crippen LogP contribution in [-0.4, -0.2) is 49.8 Å². The lowest BCUT2D eigenvalue weighted by molar-refractivity contribution is -0.120. The third-order valence-electron chi connectivity index (χ3n) is 3.19. The number of nitrogens with zero attached hydrogens (tertiary/aromatic N) is 1. The molecule has 21 heavy (non-hydrogen) atoms. The fourth-order valence-electron chi connectivity index (χ4n) is 2.10. The van der Waals surface area contributed by atoms with E-state index in [2.05, 4.69) is 16.0 Å². The van der Waals surface area contributed by atoms with Crippen LogP contribution in [0.1, 0.15) is 5.56 Å². The van der Waals surface area contributed by atoms with Crippen LogP contribution >= 0.6 is 0 Å². The van der Waals surface area contributed by atoms with E-state index in [0.717, 1.165) is 17.8 Å². The first-order valence-corrected chi connectivity index (χ1v) is 6.92. The molecular weight excluding hydrogens is 272 g/mol. The van der Waals surface area contributed by atoms with Gasteiger partial charge in [0.15, 0.2) is 0 Å². The Kier molecular flexibility index (Phi) is 5.39. The van der Waals surface area contributed by atoms with Gasteiger partial charge in [-0.05, 0) is 17.7 Å². The van der Waals surface area contributed by atoms with Crippen molar-refractivity contribution in [3.8, 4) is 0 Å². The SMILES string of the molecule is O=C1CN(c2ccc(CNC(=O)NCCO)cc2)CCN1. The Morgan fingerprint density at radius 3 is 2.71 bits per heavy atom. The van der Waals surface area contributed by atoms with Crippen LogP contribution in [0.3, 0.4) is 0 Å². The maximum atomic E-state index is 11.4. The van der Waals surface area contributed by atoms with E-state index >= 15 is 0 Å². The fourth-order valence-corrected chi connectivity index (χ4v) is 2.10. The Balaban J connectivity index is 1.84. The maximum Gasteiger partial charge on any atom is 0.315 e. The Morgan fingerprint density at radius 2 is 2.05 bits per heavy atom. The molecule has 2 rings (SSSR count). The number of hydrogen-bond acceptors (Lipinski definition) is 4. The highest BCUT2D eigenvalue weighted by atomic mass is 16.3. The minimum atomic E-state index is -0.305. The molecule has 3 amide bonds. The standard InChI is InChI=1S/C14H20N4O3/c19-8-6-16-14(21)17-9-11-1-3-12(4-2-11)18-7-5-15-13(20)10-18/h1-4,19H,5-10H2,(H,15,20)(H2,16,17,21). The van der Waals surface area contributed by atoms with Crippen LogP contribution < -0.4 is 20.9 Å². The maximum absolute atomic E-state index is 11.4. The molecule has 1 aliphatic rings. The molecule has 114 valence electrons. The number of hydrogen-bond donors (Lipinski definition) is 4. The molecule has 0 radical (unpaired) electrons. The summed E-state index contributed by atoms with van der Waals surface area (Å²) in [7, 11) is 0. The van der Waals surface area contributed by atoms with Gasteiger partial charge in [-0.1, -0.05) is 12.1 Å². The molecule has 1 fully saturated rings. The number of piperazine rings is 1. The molecule has 0 unspecified atom stereocenters. The van der Waals surface area contributed by atoms with Crippen molar-refractivity contribution in [3.63, 3.8) is 0 Å². The first-order chi connectivity index (χ1) is 10.2. The van der Waals surface area contributed by atoms with Crippen molar-refractivity contribution < 1.29 is 14.7 Å². The van der Waals surface area contributed by atoms with Crippen molar-refractivity contribution in [1.82, 2.24) is 16.0 Å². The molecule has 4 N–H and O–H groups in total. The molecule has 1 saturated heterocycles. The van der Waals surface area contributed by atoms with Gasteiger partial charge in [0.1, 0.15) is 0 Å². The highest BCUT2D eigenvalue weighted by molar-refractivity contribution is 5.82. The lowest BCUT2D eigenvalue weighted by atomic mass is 10.2. The number of amides is 3. The van der Waals surface area contributed by atoms with Crippen molar-refractivity contribution in [2.24, 2.45) is 0 Å². The number of urea groups is 1. The van der Waals surface area contributed by atoms with Crippen LogP contribution in [0.2, 0.25) is 0 Å². The molecule has 7 nitrogen and oxygen atoms in total. The third-order valence-corrected chi connectivity index (χ3v) is 3.19. The van der Waals surface area contributed by atoms with Gasteiger partial charge in [0, 0.05) is 31.9 Å². The van der Waals surface area contributed by atoms with E-state index in [-0.39, 0.29) is 25.1 Å². The van der Waals surface area contributed by atoms with Crippen molar-refractivity contribution in [2.45, 2.75) is 6.54 Å². The Bertz CT molecular complexity index is 489. The Labute approximate surface area is 123 Å². The van der Waals surface area contributed by atoms with Gasteiger partial charge in [-0.2, -0.15) is 0 Å². The lowest BCUT2D eigenvalue weighted by Crippen LogP contribution is -2.47. The zero-order valence-electron chi connectivity index (χ0n) is 11.8. The summed E-state index contributed by atoms with van der Waals surface area (Å²) in [6.45, 7) is 2.41. The molecule has 0 aliphatic carbocycles. The quantitative estimate of drug-likeness (QED) is 0.584. The topological polar surface area (TPSA) is 93.7 Å². The molecule has 0 atom stereocenters. The van der Waals surface area contributed by atoms with E-state index in [1.807, 2.05) is 29.2 Å². The van der Waals surface area contributed by atoms with Gasteiger partial charge in [-0.15, -0.1) is 0 Å². The highest BCUT2D eigenvalue weighted by Gasteiger charge is 2.16. The second kappa shape index (κ2) is 7.49. The van der Waals surface area contributed by atoms with Crippen molar-refractivity contribution in [1.29, 1.82) is 0 Å². The summed E-state index contributed by atoms with van der Waals surface area (Å²) < 4.78 is 0. The second-order valence-electron chi connectivity index (χ2n) is 4.77. The Morgan fingerprint density at radius 1 is 1.29 bits per heavy atom. The highest BCUT2D eigenvalue weighted by Crippen LogP contribution is 2.15. The third kappa shape index (κ3) is 4.64. The molecule has 0 bridgehead atoms. The summed E-state index contributed by atoms with van der Waals surface area (Å²) in [5.41, 5.74) is 1.97. The van der Waals surface area contributed by atoms with Gasteiger partial charge in [0.05, 0.1) is 13.2 Å². The summed E-state index contributed by atoms with van der Waals surface area (Å²) in [4.78, 5) is 24.7. The minimum Gasteiger partial charge on any atom is -0.395 e. The summed E-state index contributed by atoms with van der Waals surface area (Å²) in [6, 6.07) is 7.44. The van der Waals surface area contributed by atoms with Crippen LogP contribution in [0.15, 0.2) is 24.3 Å². The first kappa shape index (κ1) is 15.1.